The molecule has 0 aliphatic rings. The quantitative estimate of drug-likeness (QED) is 0.0442. The average Bonchev–Trinajstić information content (AvgIpc) is 0.959. The Morgan fingerprint density at radius 3 is 0.606 bits per heavy atom. The van der Waals surface area contributed by atoms with Crippen LogP contribution in [0.3, 0.4) is 0 Å². The second-order valence-corrected chi connectivity index (χ2v) is 34.6. The third-order valence-electron chi connectivity index (χ3n) is 12.4. The first-order valence-electron chi connectivity index (χ1n) is 36.9. The molecule has 2 atom stereocenters. The van der Waals surface area contributed by atoms with E-state index in [-0.39, 0.29) is 125 Å². The van der Waals surface area contributed by atoms with Gasteiger partial charge in [-0.3, -0.25) is 47.9 Å². The molecule has 624 valence electrons. The van der Waals surface area contributed by atoms with Crippen molar-refractivity contribution in [1.29, 1.82) is 0 Å². The second-order valence-electron chi connectivity index (χ2n) is 34.6. The monoisotopic (exact) mass is 1500 g/mol. The van der Waals surface area contributed by atoms with E-state index in [1.54, 1.807) is 14.2 Å². The maximum Gasteiger partial charge on any atom is 0.311 e. The van der Waals surface area contributed by atoms with Crippen LogP contribution < -0.4 is 0 Å². The summed E-state index contributed by atoms with van der Waals surface area (Å²) in [6, 6.07) is 0. The predicted molar refractivity (Wildman–Crippen MR) is 420 cm³/mol. The van der Waals surface area contributed by atoms with Gasteiger partial charge in [-0.15, -0.1) is 0 Å². The van der Waals surface area contributed by atoms with E-state index >= 15 is 0 Å². The van der Waals surface area contributed by atoms with Crippen molar-refractivity contribution in [3.63, 3.8) is 0 Å². The Labute approximate surface area is 636 Å². The molecule has 0 saturated heterocycles. The fourth-order valence-electron chi connectivity index (χ4n) is 6.01. The molecule has 2 unspecified atom stereocenters. The van der Waals surface area contributed by atoms with Gasteiger partial charge >= 0.3 is 35.8 Å². The summed E-state index contributed by atoms with van der Waals surface area (Å²) >= 11 is 0. The lowest BCUT2D eigenvalue weighted by Gasteiger charge is -2.21. The molecule has 0 fully saturated rings. The van der Waals surface area contributed by atoms with Crippen molar-refractivity contribution in [3.8, 4) is 0 Å². The van der Waals surface area contributed by atoms with Crippen molar-refractivity contribution < 1.29 is 105 Å². The highest BCUT2D eigenvalue weighted by Crippen LogP contribution is 2.23. The van der Waals surface area contributed by atoms with Crippen LogP contribution in [0.15, 0.2) is 0 Å². The van der Waals surface area contributed by atoms with Crippen molar-refractivity contribution >= 4 is 58.9 Å². The molecule has 0 aromatic carbocycles. The van der Waals surface area contributed by atoms with Gasteiger partial charge in [-0.05, 0) is 165 Å². The van der Waals surface area contributed by atoms with Gasteiger partial charge in [0.2, 0.25) is 0 Å². The van der Waals surface area contributed by atoms with Gasteiger partial charge in [0.15, 0.2) is 0 Å². The van der Waals surface area contributed by atoms with Crippen molar-refractivity contribution in [1.82, 2.24) is 0 Å². The van der Waals surface area contributed by atoms with Crippen LogP contribution in [0.4, 0.5) is 0 Å². The van der Waals surface area contributed by atoms with Gasteiger partial charge in [0.1, 0.15) is 23.1 Å². The number of carbonyl (C=O) groups excluding carboxylic acids is 10. The number of Topliss-reactive ketones (excluding diaryl/α,β-unsaturated/α-hetero) is 4. The van der Waals surface area contributed by atoms with E-state index in [1.807, 2.05) is 249 Å². The molecular weight excluding hydrogens is 1340 g/mol. The molecule has 0 N–H and O–H groups in total. The fraction of sp³-hybridized carbons (Fsp3) is 0.878. The molecule has 0 saturated carbocycles. The third-order valence-corrected chi connectivity index (χ3v) is 12.4. The molecule has 0 radical (unpaired) electrons. The molecule has 0 spiro atoms. The number of carbonyl (C=O) groups is 10. The van der Waals surface area contributed by atoms with Gasteiger partial charge in [-0.2, -0.15) is 0 Å². The van der Waals surface area contributed by atoms with E-state index in [2.05, 4.69) is 23.3 Å². The van der Waals surface area contributed by atoms with Gasteiger partial charge in [0.05, 0.1) is 126 Å². The molecule has 0 rings (SSSR count). The minimum atomic E-state index is -0.352. The van der Waals surface area contributed by atoms with Crippen LogP contribution in [0.2, 0.25) is 0 Å². The molecule has 0 heterocycles. The summed E-state index contributed by atoms with van der Waals surface area (Å²) < 4.78 is 58.7. The summed E-state index contributed by atoms with van der Waals surface area (Å²) in [7, 11) is 6.05. The Bertz CT molecular complexity index is 2080. The van der Waals surface area contributed by atoms with Crippen LogP contribution >= 0.6 is 0 Å². The topological polar surface area (TPSA) is 281 Å². The van der Waals surface area contributed by atoms with Crippen LogP contribution in [0.1, 0.15) is 289 Å². The van der Waals surface area contributed by atoms with Crippen molar-refractivity contribution in [2.45, 2.75) is 289 Å². The minimum Gasteiger partial charge on any atom is -0.469 e. The number of methoxy groups -OCH3 is 4. The summed E-state index contributed by atoms with van der Waals surface area (Å²) in [6.07, 6.45) is 3.07. The predicted octanol–water partition coefficient (Wildman–Crippen LogP) is 17.4. The van der Waals surface area contributed by atoms with Gasteiger partial charge < -0.3 is 56.8 Å². The molecule has 22 nitrogen and oxygen atoms in total. The van der Waals surface area contributed by atoms with E-state index in [4.69, 9.17) is 47.4 Å². The van der Waals surface area contributed by atoms with E-state index in [0.29, 0.717) is 92.1 Å². The molecule has 104 heavy (non-hydrogen) atoms. The summed E-state index contributed by atoms with van der Waals surface area (Å²) in [4.78, 5) is 111. The molecule has 0 bridgehead atoms. The van der Waals surface area contributed by atoms with Crippen LogP contribution in [0.25, 0.3) is 0 Å². The number of ketones is 4. The number of esters is 6. The maximum atomic E-state index is 11.7. The first-order chi connectivity index (χ1) is 46.6. The number of ether oxygens (including phenoxy) is 12. The second kappa shape index (κ2) is 63.2. The fourth-order valence-corrected chi connectivity index (χ4v) is 6.01. The number of hydrogen-bond donors (Lipinski definition) is 0. The normalized spacial score (nSPS) is 12.0. The maximum absolute atomic E-state index is 11.7. The van der Waals surface area contributed by atoms with Crippen molar-refractivity contribution in [2.24, 2.45) is 66.0 Å². The van der Waals surface area contributed by atoms with Crippen LogP contribution in [-0.4, -0.2) is 180 Å². The number of rotatable bonds is 26. The van der Waals surface area contributed by atoms with Crippen molar-refractivity contribution in [2.75, 3.05) is 121 Å². The molecule has 0 amide bonds. The standard InChI is InChI=1S/C11H22O3.C11H22O2.C10H20O3.C10H20O2.4C7H14O2.2C6H12O2/c1-9(8-14-7-6-13-5)10(12)11(2,3)4;1-6-7-13-8-9(2)10(12)11(3,4)5;1-10(2,3)9(11)5-6-13-8-7-12-4;1-5-7-12-8-6-9(11)10(2,3)4;4*1-5-9-6(8)7(2,3)4;2*1-6(2,3)5(7)8-4/h9H,6-8H2,1-5H3;9H,6-8H2,1-5H3;5-8H2,1-4H3;5-8H2,1-4H3;4*5H2,1-4H3;2*1-4H3. The Kier molecular flexibility index (Phi) is 73.1. The lowest BCUT2D eigenvalue weighted by atomic mass is 9.84. The van der Waals surface area contributed by atoms with Gasteiger partial charge in [-0.25, -0.2) is 0 Å². The zero-order valence-corrected chi connectivity index (χ0v) is 74.9. The van der Waals surface area contributed by atoms with Crippen LogP contribution in [0.5, 0.6) is 0 Å². The minimum absolute atomic E-state index is 0.0200. The molecule has 0 aromatic rings. The van der Waals surface area contributed by atoms with Gasteiger partial charge in [-0.1, -0.05) is 111 Å². The highest BCUT2D eigenvalue weighted by Gasteiger charge is 2.29. The summed E-state index contributed by atoms with van der Waals surface area (Å²) in [6.45, 7) is 79.2. The van der Waals surface area contributed by atoms with Gasteiger partial charge in [0.25, 0.3) is 0 Å². The SMILES string of the molecule is CCCOCC(C)C(=O)C(C)(C)C.CCCOCCC(=O)C(C)(C)C.CCOC(=O)C(C)(C)C.CCOC(=O)C(C)(C)C.CCOC(=O)C(C)(C)C.CCOC(=O)C(C)(C)C.COC(=O)C(C)(C)C.COC(=O)C(C)(C)C.COCCOCC(C)C(=O)C(C)(C)C.COCCOCCC(=O)C(C)(C)C. The van der Waals surface area contributed by atoms with Gasteiger partial charge in [0, 0.05) is 73.8 Å². The Morgan fingerprint density at radius 1 is 0.250 bits per heavy atom. The first kappa shape index (κ1) is 120. The smallest absolute Gasteiger partial charge is 0.311 e. The molecule has 0 aliphatic heterocycles. The van der Waals surface area contributed by atoms with Crippen molar-refractivity contribution in [3.05, 3.63) is 0 Å². The lowest BCUT2D eigenvalue weighted by molar-refractivity contribution is -0.153. The highest BCUT2D eigenvalue weighted by atomic mass is 16.6. The summed E-state index contributed by atoms with van der Waals surface area (Å²) in [5.74, 6) is 0.153. The molecule has 0 aliphatic carbocycles. The average molecular weight is 1500 g/mol. The molecular formula is C82H164O22. The zero-order chi connectivity index (χ0) is 85.1. The third kappa shape index (κ3) is 84.5. The Balaban J connectivity index is -0.000000119. The van der Waals surface area contributed by atoms with E-state index < -0.39 is 0 Å². The largest absolute Gasteiger partial charge is 0.469 e. The van der Waals surface area contributed by atoms with E-state index in [0.717, 1.165) is 26.1 Å². The molecule has 22 heteroatoms. The van der Waals surface area contributed by atoms with E-state index in [9.17, 15) is 47.9 Å². The van der Waals surface area contributed by atoms with Crippen LogP contribution in [0, 0.1) is 66.0 Å². The summed E-state index contributed by atoms with van der Waals surface area (Å²) in [5, 5.41) is 0. The zero-order valence-electron chi connectivity index (χ0n) is 74.9. The highest BCUT2D eigenvalue weighted by molar-refractivity contribution is 5.86. The Hall–Kier alpha value is -4.74. The molecule has 0 aromatic heterocycles. The Morgan fingerprint density at radius 2 is 0.452 bits per heavy atom. The van der Waals surface area contributed by atoms with E-state index in [1.165, 1.54) is 14.2 Å². The lowest BCUT2D eigenvalue weighted by Crippen LogP contribution is -2.29. The summed E-state index contributed by atoms with van der Waals surface area (Å²) in [5.41, 5.74) is -3.08. The van der Waals surface area contributed by atoms with Crippen LogP contribution in [-0.2, 0) is 105 Å². The first-order valence-corrected chi connectivity index (χ1v) is 36.9. The number of hydrogen-bond acceptors (Lipinski definition) is 22.